The van der Waals surface area contributed by atoms with Crippen LogP contribution in [0.4, 0.5) is 11.6 Å². The minimum atomic E-state index is -3.53. The number of benzene rings is 2. The van der Waals surface area contributed by atoms with Crippen molar-refractivity contribution in [2.75, 3.05) is 23.8 Å². The van der Waals surface area contributed by atoms with Crippen LogP contribution in [-0.4, -0.2) is 42.9 Å². The minimum Gasteiger partial charge on any atom is -0.345 e. The number of carbonyl (C=O) groups excluding carboxylic acids is 1. The Labute approximate surface area is 222 Å². The van der Waals surface area contributed by atoms with Crippen molar-refractivity contribution < 1.29 is 13.2 Å². The summed E-state index contributed by atoms with van der Waals surface area (Å²) in [7, 11) is -1.76. The van der Waals surface area contributed by atoms with E-state index in [9.17, 15) is 13.2 Å². The molecule has 5 rings (SSSR count). The maximum atomic E-state index is 12.7. The van der Waals surface area contributed by atoms with E-state index in [1.807, 2.05) is 42.5 Å². The maximum Gasteiger partial charge on any atom is 0.240 e. The molecule has 2 N–H and O–H groups in total. The fourth-order valence-electron chi connectivity index (χ4n) is 4.50. The summed E-state index contributed by atoms with van der Waals surface area (Å²) in [5.74, 6) is 0.393. The zero-order valence-corrected chi connectivity index (χ0v) is 21.9. The molecule has 1 unspecified atom stereocenters. The van der Waals surface area contributed by atoms with Gasteiger partial charge in [0.15, 0.2) is 0 Å². The molecule has 0 aliphatic carbocycles. The quantitative estimate of drug-likeness (QED) is 0.358. The summed E-state index contributed by atoms with van der Waals surface area (Å²) >= 11 is 0. The van der Waals surface area contributed by atoms with Crippen LogP contribution in [-0.2, 0) is 27.7 Å². The van der Waals surface area contributed by atoms with E-state index in [0.717, 1.165) is 28.1 Å². The molecule has 0 bridgehead atoms. The van der Waals surface area contributed by atoms with Gasteiger partial charge in [-0.1, -0.05) is 43.3 Å². The first-order valence-corrected chi connectivity index (χ1v) is 13.8. The van der Waals surface area contributed by atoms with Crippen LogP contribution in [0.5, 0.6) is 0 Å². The summed E-state index contributed by atoms with van der Waals surface area (Å²) in [6.07, 6.45) is 4.17. The summed E-state index contributed by atoms with van der Waals surface area (Å²) in [5.41, 5.74) is 4.88. The van der Waals surface area contributed by atoms with Gasteiger partial charge in [0, 0.05) is 37.1 Å². The average Bonchev–Trinajstić information content (AvgIpc) is 3.03. The van der Waals surface area contributed by atoms with Crippen LogP contribution >= 0.6 is 0 Å². The zero-order chi connectivity index (χ0) is 26.7. The molecule has 1 aliphatic rings. The van der Waals surface area contributed by atoms with Crippen LogP contribution in [0.3, 0.4) is 0 Å². The number of para-hydroxylation sites is 1. The Bertz CT molecular complexity index is 1560. The van der Waals surface area contributed by atoms with Crippen LogP contribution < -0.4 is 14.9 Å². The van der Waals surface area contributed by atoms with Gasteiger partial charge >= 0.3 is 0 Å². The minimum absolute atomic E-state index is 0.0218. The van der Waals surface area contributed by atoms with Crippen molar-refractivity contribution in [1.29, 1.82) is 0 Å². The van der Waals surface area contributed by atoms with Crippen molar-refractivity contribution in [3.05, 3.63) is 95.9 Å². The van der Waals surface area contributed by atoms with Crippen LogP contribution in [0.1, 0.15) is 29.8 Å². The number of likely N-dealkylation sites (N-methyl/N-ethyl adjacent to an activating group) is 1. The van der Waals surface area contributed by atoms with E-state index in [4.69, 9.17) is 4.98 Å². The lowest BCUT2D eigenvalue weighted by molar-refractivity contribution is -0.117. The molecule has 1 atom stereocenters. The summed E-state index contributed by atoms with van der Waals surface area (Å²) in [4.78, 5) is 28.5. The number of hydrogen-bond donors (Lipinski definition) is 2. The van der Waals surface area contributed by atoms with E-state index >= 15 is 0 Å². The first kappa shape index (κ1) is 25.5. The predicted molar refractivity (Wildman–Crippen MR) is 146 cm³/mol. The second-order valence-corrected chi connectivity index (χ2v) is 10.8. The molecule has 2 aromatic carbocycles. The normalized spacial score (nSPS) is 13.8. The highest BCUT2D eigenvalue weighted by Gasteiger charge is 2.25. The van der Waals surface area contributed by atoms with Gasteiger partial charge in [0.25, 0.3) is 0 Å². The first-order chi connectivity index (χ1) is 18.4. The molecule has 10 heteroatoms. The van der Waals surface area contributed by atoms with Gasteiger partial charge in [-0.25, -0.2) is 23.1 Å². The molecule has 38 heavy (non-hydrogen) atoms. The van der Waals surface area contributed by atoms with Crippen molar-refractivity contribution in [2.24, 2.45) is 0 Å². The second kappa shape index (κ2) is 10.7. The third-order valence-electron chi connectivity index (χ3n) is 6.46. The van der Waals surface area contributed by atoms with E-state index in [1.54, 1.807) is 55.5 Å². The SMILES string of the molecule is CCNS(=O)(=O)c1ccc(CC(Nc2ncc3c(n2)-c2ccccc2N(C)C(=O)C3)c2ccccn2)cc1. The zero-order valence-electron chi connectivity index (χ0n) is 21.1. The molecule has 0 saturated carbocycles. The fraction of sp³-hybridized carbons (Fsp3) is 0.214. The number of sulfonamides is 1. The van der Waals surface area contributed by atoms with E-state index in [0.29, 0.717) is 24.6 Å². The number of anilines is 2. The predicted octanol–water partition coefficient (Wildman–Crippen LogP) is 3.75. The summed E-state index contributed by atoms with van der Waals surface area (Å²) in [5, 5.41) is 3.42. The second-order valence-electron chi connectivity index (χ2n) is 9.02. The lowest BCUT2D eigenvalue weighted by Gasteiger charge is -2.20. The van der Waals surface area contributed by atoms with E-state index < -0.39 is 10.0 Å². The van der Waals surface area contributed by atoms with E-state index in [1.165, 1.54) is 0 Å². The molecule has 194 valence electrons. The highest BCUT2D eigenvalue weighted by molar-refractivity contribution is 7.89. The summed E-state index contributed by atoms with van der Waals surface area (Å²) in [6.45, 7) is 2.07. The number of hydrogen-bond acceptors (Lipinski definition) is 7. The fourth-order valence-corrected chi connectivity index (χ4v) is 5.54. The van der Waals surface area contributed by atoms with Gasteiger partial charge in [-0.3, -0.25) is 9.78 Å². The third kappa shape index (κ3) is 5.27. The van der Waals surface area contributed by atoms with Crippen molar-refractivity contribution in [3.63, 3.8) is 0 Å². The number of nitrogens with zero attached hydrogens (tertiary/aromatic N) is 4. The van der Waals surface area contributed by atoms with Gasteiger partial charge in [-0.15, -0.1) is 0 Å². The van der Waals surface area contributed by atoms with Crippen LogP contribution in [0.2, 0.25) is 0 Å². The molecule has 0 radical (unpaired) electrons. The lowest BCUT2D eigenvalue weighted by Crippen LogP contribution is -2.26. The number of aromatic nitrogens is 3. The molecule has 0 saturated heterocycles. The van der Waals surface area contributed by atoms with Crippen LogP contribution in [0.15, 0.2) is 84.0 Å². The molecule has 0 fully saturated rings. The van der Waals surface area contributed by atoms with Crippen LogP contribution in [0.25, 0.3) is 11.3 Å². The molecule has 3 heterocycles. The van der Waals surface area contributed by atoms with E-state index in [-0.39, 0.29) is 23.3 Å². The Morgan fingerprint density at radius 1 is 1.00 bits per heavy atom. The third-order valence-corrected chi connectivity index (χ3v) is 8.02. The largest absolute Gasteiger partial charge is 0.345 e. The Morgan fingerprint density at radius 3 is 2.50 bits per heavy atom. The number of nitrogens with one attached hydrogen (secondary N) is 2. The van der Waals surface area contributed by atoms with Gasteiger partial charge in [-0.2, -0.15) is 0 Å². The molecule has 9 nitrogen and oxygen atoms in total. The number of carbonyl (C=O) groups is 1. The highest BCUT2D eigenvalue weighted by Crippen LogP contribution is 2.35. The Hall–Kier alpha value is -4.15. The Balaban J connectivity index is 1.47. The molecule has 0 spiro atoms. The van der Waals surface area contributed by atoms with Crippen molar-refractivity contribution in [1.82, 2.24) is 19.7 Å². The van der Waals surface area contributed by atoms with Gasteiger partial charge in [-0.05, 0) is 42.3 Å². The van der Waals surface area contributed by atoms with Crippen molar-refractivity contribution in [2.45, 2.75) is 30.7 Å². The number of rotatable bonds is 8. The van der Waals surface area contributed by atoms with Gasteiger partial charge in [0.1, 0.15) is 0 Å². The topological polar surface area (TPSA) is 117 Å². The molecule has 1 aliphatic heterocycles. The molecule has 4 aromatic rings. The first-order valence-electron chi connectivity index (χ1n) is 12.3. The molecule has 2 aromatic heterocycles. The number of pyridine rings is 1. The van der Waals surface area contributed by atoms with E-state index in [2.05, 4.69) is 20.0 Å². The highest BCUT2D eigenvalue weighted by atomic mass is 32.2. The lowest BCUT2D eigenvalue weighted by atomic mass is 10.0. The standard InChI is InChI=1S/C28H28N6O3S/c1-3-31-38(36,37)21-13-11-19(12-14-21)16-24(23-9-6-7-15-29-23)32-28-30-18-20-17-26(35)34(2)25-10-5-4-8-22(25)27(20)33-28/h4-15,18,24,31H,3,16-17H2,1-2H3,(H,30,32,33). The Kier molecular flexibility index (Phi) is 7.17. The molecular formula is C28H28N6O3S. The molecule has 1 amide bonds. The van der Waals surface area contributed by atoms with Crippen molar-refractivity contribution in [3.8, 4) is 11.3 Å². The van der Waals surface area contributed by atoms with Crippen molar-refractivity contribution >= 4 is 27.6 Å². The van der Waals surface area contributed by atoms with Gasteiger partial charge in [0.2, 0.25) is 21.9 Å². The Morgan fingerprint density at radius 2 is 1.76 bits per heavy atom. The molecular weight excluding hydrogens is 500 g/mol. The summed E-state index contributed by atoms with van der Waals surface area (Å²) < 4.78 is 27.2. The van der Waals surface area contributed by atoms with Gasteiger partial charge in [0.05, 0.1) is 34.4 Å². The number of amides is 1. The van der Waals surface area contributed by atoms with Crippen LogP contribution in [0, 0.1) is 0 Å². The monoisotopic (exact) mass is 528 g/mol. The number of fused-ring (bicyclic) bond motifs is 3. The average molecular weight is 529 g/mol. The maximum absolute atomic E-state index is 12.7. The van der Waals surface area contributed by atoms with Gasteiger partial charge < -0.3 is 10.2 Å². The smallest absolute Gasteiger partial charge is 0.240 e. The summed E-state index contributed by atoms with van der Waals surface area (Å²) in [6, 6.07) is 19.9.